The number of hydrazone groups is 1. The Morgan fingerprint density at radius 2 is 2.17 bits per heavy atom. The molecule has 1 aromatic rings. The first-order valence-corrected chi connectivity index (χ1v) is 5.77. The van der Waals surface area contributed by atoms with Gasteiger partial charge in [0.25, 0.3) is 0 Å². The predicted molar refractivity (Wildman–Crippen MR) is 76.6 cm³/mol. The molecule has 0 N–H and O–H groups in total. The average molecular weight is 242 g/mol. The van der Waals surface area contributed by atoms with E-state index in [0.717, 1.165) is 11.3 Å². The summed E-state index contributed by atoms with van der Waals surface area (Å²) in [6.45, 7) is 0.535. The second kappa shape index (κ2) is 7.97. The van der Waals surface area contributed by atoms with Gasteiger partial charge in [-0.05, 0) is 18.2 Å². The van der Waals surface area contributed by atoms with Crippen molar-refractivity contribution in [3.63, 3.8) is 0 Å². The van der Waals surface area contributed by atoms with Gasteiger partial charge in [0.05, 0.1) is 6.61 Å². The molecule has 1 rings (SSSR count). The summed E-state index contributed by atoms with van der Waals surface area (Å²) in [5.41, 5.74) is 1.01. The van der Waals surface area contributed by atoms with E-state index in [0.29, 0.717) is 13.0 Å². The standard InChI is InChI=1S/C15H18N2O/c1-4-5-13-18-15-11-7-6-9-14(15)10-8-12-16-17(2)3/h1,6-12H,5,13H2,2-3H3/b10-8+,16-12+. The van der Waals surface area contributed by atoms with Crippen LogP contribution >= 0.6 is 0 Å². The second-order valence-electron chi connectivity index (χ2n) is 3.81. The number of para-hydroxylation sites is 1. The monoisotopic (exact) mass is 242 g/mol. The van der Waals surface area contributed by atoms with E-state index in [1.165, 1.54) is 0 Å². The lowest BCUT2D eigenvalue weighted by Crippen LogP contribution is -2.00. The first kappa shape index (κ1) is 13.9. The van der Waals surface area contributed by atoms with Crippen LogP contribution in [0.15, 0.2) is 35.4 Å². The van der Waals surface area contributed by atoms with E-state index >= 15 is 0 Å². The van der Waals surface area contributed by atoms with E-state index < -0.39 is 0 Å². The SMILES string of the molecule is C#CCCOc1ccccc1/C=C/C=N/N(C)C. The maximum Gasteiger partial charge on any atom is 0.126 e. The summed E-state index contributed by atoms with van der Waals surface area (Å²) in [7, 11) is 3.75. The van der Waals surface area contributed by atoms with Gasteiger partial charge >= 0.3 is 0 Å². The van der Waals surface area contributed by atoms with Crippen LogP contribution in [0, 0.1) is 12.3 Å². The Morgan fingerprint density at radius 1 is 1.39 bits per heavy atom. The lowest BCUT2D eigenvalue weighted by atomic mass is 10.2. The molecule has 18 heavy (non-hydrogen) atoms. The first-order valence-electron chi connectivity index (χ1n) is 5.77. The van der Waals surface area contributed by atoms with Crippen LogP contribution in [0.2, 0.25) is 0 Å². The van der Waals surface area contributed by atoms with Crippen molar-refractivity contribution in [2.24, 2.45) is 5.10 Å². The van der Waals surface area contributed by atoms with Crippen LogP contribution in [-0.2, 0) is 0 Å². The van der Waals surface area contributed by atoms with Crippen LogP contribution in [0.1, 0.15) is 12.0 Å². The Morgan fingerprint density at radius 3 is 2.89 bits per heavy atom. The fourth-order valence-electron chi connectivity index (χ4n) is 1.29. The summed E-state index contributed by atoms with van der Waals surface area (Å²) in [6.07, 6.45) is 11.4. The maximum absolute atomic E-state index is 5.61. The van der Waals surface area contributed by atoms with E-state index in [4.69, 9.17) is 11.2 Å². The first-order chi connectivity index (χ1) is 8.74. The summed E-state index contributed by atoms with van der Waals surface area (Å²) in [5, 5.41) is 5.83. The number of ether oxygens (including phenoxy) is 1. The number of allylic oxidation sites excluding steroid dienone is 1. The number of rotatable bonds is 6. The molecule has 3 nitrogen and oxygen atoms in total. The number of hydrogen-bond acceptors (Lipinski definition) is 3. The summed E-state index contributed by atoms with van der Waals surface area (Å²) in [6, 6.07) is 7.83. The van der Waals surface area contributed by atoms with Gasteiger partial charge in [-0.2, -0.15) is 5.10 Å². The normalized spacial score (nSPS) is 10.7. The van der Waals surface area contributed by atoms with Crippen molar-refractivity contribution in [3.8, 4) is 18.1 Å². The highest BCUT2D eigenvalue weighted by molar-refractivity contribution is 5.79. The molecule has 3 heteroatoms. The smallest absolute Gasteiger partial charge is 0.126 e. The van der Waals surface area contributed by atoms with Gasteiger partial charge in [-0.3, -0.25) is 0 Å². The van der Waals surface area contributed by atoms with Crippen molar-refractivity contribution in [3.05, 3.63) is 35.9 Å². The fourth-order valence-corrected chi connectivity index (χ4v) is 1.29. The Kier molecular flexibility index (Phi) is 6.13. The van der Waals surface area contributed by atoms with Crippen molar-refractivity contribution >= 4 is 12.3 Å². The molecule has 0 saturated carbocycles. The lowest BCUT2D eigenvalue weighted by molar-refractivity contribution is 0.326. The molecule has 0 aliphatic carbocycles. The van der Waals surface area contributed by atoms with Crippen LogP contribution in [0.25, 0.3) is 6.08 Å². The molecular weight excluding hydrogens is 224 g/mol. The summed E-state index contributed by atoms with van der Waals surface area (Å²) in [4.78, 5) is 0. The van der Waals surface area contributed by atoms with Crippen LogP contribution in [-0.4, -0.2) is 31.9 Å². The summed E-state index contributed by atoms with van der Waals surface area (Å²) >= 11 is 0. The molecule has 94 valence electrons. The third-order valence-corrected chi connectivity index (χ3v) is 2.08. The minimum absolute atomic E-state index is 0.535. The van der Waals surface area contributed by atoms with Gasteiger partial charge in [0, 0.05) is 32.3 Å². The molecule has 0 amide bonds. The van der Waals surface area contributed by atoms with Crippen molar-refractivity contribution in [1.29, 1.82) is 0 Å². The topological polar surface area (TPSA) is 24.8 Å². The summed E-state index contributed by atoms with van der Waals surface area (Å²) < 4.78 is 5.61. The van der Waals surface area contributed by atoms with Gasteiger partial charge in [0.15, 0.2) is 0 Å². The zero-order chi connectivity index (χ0) is 13.2. The molecule has 0 fully saturated rings. The zero-order valence-electron chi connectivity index (χ0n) is 10.8. The molecule has 0 unspecified atom stereocenters. The highest BCUT2D eigenvalue weighted by Crippen LogP contribution is 2.19. The molecular formula is C15H18N2O. The van der Waals surface area contributed by atoms with Crippen molar-refractivity contribution in [2.45, 2.75) is 6.42 Å². The molecule has 0 heterocycles. The molecule has 0 aliphatic heterocycles. The largest absolute Gasteiger partial charge is 0.492 e. The molecule has 0 saturated heterocycles. The summed E-state index contributed by atoms with van der Waals surface area (Å²) in [5.74, 6) is 3.39. The van der Waals surface area contributed by atoms with Gasteiger partial charge in [0.2, 0.25) is 0 Å². The Balaban J connectivity index is 2.67. The Labute approximate surface area is 109 Å². The van der Waals surface area contributed by atoms with Crippen LogP contribution in [0.3, 0.4) is 0 Å². The van der Waals surface area contributed by atoms with Gasteiger partial charge in [-0.25, -0.2) is 0 Å². The van der Waals surface area contributed by atoms with Crippen LogP contribution in [0.5, 0.6) is 5.75 Å². The minimum Gasteiger partial charge on any atom is -0.492 e. The molecule has 0 bridgehead atoms. The fraction of sp³-hybridized carbons (Fsp3) is 0.267. The van der Waals surface area contributed by atoms with Crippen LogP contribution < -0.4 is 4.74 Å². The van der Waals surface area contributed by atoms with Gasteiger partial charge in [0.1, 0.15) is 5.75 Å². The quantitative estimate of drug-likeness (QED) is 0.331. The Bertz CT molecular complexity index is 456. The molecule has 0 radical (unpaired) electrons. The second-order valence-corrected chi connectivity index (χ2v) is 3.81. The number of benzene rings is 1. The Hall–Kier alpha value is -2.21. The van der Waals surface area contributed by atoms with Gasteiger partial charge in [-0.1, -0.05) is 18.2 Å². The molecule has 0 aromatic heterocycles. The molecule has 1 aromatic carbocycles. The third-order valence-electron chi connectivity index (χ3n) is 2.08. The van der Waals surface area contributed by atoms with Gasteiger partial charge < -0.3 is 9.75 Å². The number of terminal acetylenes is 1. The number of nitrogens with zero attached hydrogens (tertiary/aromatic N) is 2. The molecule has 0 spiro atoms. The lowest BCUT2D eigenvalue weighted by Gasteiger charge is -2.07. The van der Waals surface area contributed by atoms with E-state index in [1.807, 2.05) is 50.5 Å². The predicted octanol–water partition coefficient (Wildman–Crippen LogP) is 2.65. The molecule has 0 atom stereocenters. The maximum atomic E-state index is 5.61. The molecule has 0 aliphatic rings. The average Bonchev–Trinajstić information content (AvgIpc) is 2.36. The third kappa shape index (κ3) is 5.22. The van der Waals surface area contributed by atoms with Crippen molar-refractivity contribution in [2.75, 3.05) is 20.7 Å². The zero-order valence-corrected chi connectivity index (χ0v) is 10.8. The van der Waals surface area contributed by atoms with E-state index in [1.54, 1.807) is 11.2 Å². The number of hydrogen-bond donors (Lipinski definition) is 0. The minimum atomic E-state index is 0.535. The van der Waals surface area contributed by atoms with Crippen LogP contribution in [0.4, 0.5) is 0 Å². The van der Waals surface area contributed by atoms with Crippen molar-refractivity contribution in [1.82, 2.24) is 5.01 Å². The van der Waals surface area contributed by atoms with E-state index in [2.05, 4.69) is 11.0 Å². The van der Waals surface area contributed by atoms with Gasteiger partial charge in [-0.15, -0.1) is 12.3 Å². The van der Waals surface area contributed by atoms with E-state index in [-0.39, 0.29) is 0 Å². The highest BCUT2D eigenvalue weighted by Gasteiger charge is 1.98. The van der Waals surface area contributed by atoms with Crippen molar-refractivity contribution < 1.29 is 4.74 Å². The van der Waals surface area contributed by atoms with E-state index in [9.17, 15) is 0 Å². The highest BCUT2D eigenvalue weighted by atomic mass is 16.5.